The minimum atomic E-state index is -0.494. The summed E-state index contributed by atoms with van der Waals surface area (Å²) in [6, 6.07) is 22.9. The maximum absolute atomic E-state index is 14.3. The van der Waals surface area contributed by atoms with Crippen LogP contribution in [0.15, 0.2) is 85.2 Å². The molecule has 0 spiro atoms. The Hall–Kier alpha value is -4.52. The number of aromatic nitrogens is 2. The highest BCUT2D eigenvalue weighted by molar-refractivity contribution is 6.04. The largest absolute Gasteiger partial charge is 0.465 e. The van der Waals surface area contributed by atoms with Crippen LogP contribution in [0.5, 0.6) is 0 Å². The molecule has 0 fully saturated rings. The number of esters is 1. The molecule has 192 valence electrons. The average Bonchev–Trinajstić information content (AvgIpc) is 3.39. The van der Waals surface area contributed by atoms with E-state index in [1.54, 1.807) is 12.4 Å². The molecular formula is C31H30N4O3. The van der Waals surface area contributed by atoms with Gasteiger partial charge in [0.15, 0.2) is 0 Å². The third-order valence-electron chi connectivity index (χ3n) is 7.04. The van der Waals surface area contributed by atoms with Gasteiger partial charge in [-0.1, -0.05) is 36.4 Å². The van der Waals surface area contributed by atoms with Gasteiger partial charge >= 0.3 is 5.97 Å². The van der Waals surface area contributed by atoms with Gasteiger partial charge in [0.05, 0.1) is 12.7 Å². The number of aryl methyl sites for hydroxylation is 1. The van der Waals surface area contributed by atoms with Crippen molar-refractivity contribution in [2.75, 3.05) is 30.5 Å². The Kier molecular flexibility index (Phi) is 7.18. The fourth-order valence-corrected chi connectivity index (χ4v) is 5.05. The van der Waals surface area contributed by atoms with Gasteiger partial charge in [-0.15, -0.1) is 0 Å². The van der Waals surface area contributed by atoms with Crippen molar-refractivity contribution in [3.63, 3.8) is 0 Å². The lowest BCUT2D eigenvalue weighted by Crippen LogP contribution is -2.48. The number of methoxy groups -OCH3 is 1. The zero-order valence-corrected chi connectivity index (χ0v) is 21.8. The van der Waals surface area contributed by atoms with E-state index in [1.807, 2.05) is 96.6 Å². The van der Waals surface area contributed by atoms with Crippen molar-refractivity contribution in [2.24, 2.45) is 0 Å². The lowest BCUT2D eigenvalue weighted by atomic mass is 9.97. The SMILES string of the molecule is COC(=O)c1cc(-c2ccnc(C)c2)cc2c1CCN2C(=O)[C@H](Cc1ccccc1)N(C)c1ccccn1. The number of rotatable bonds is 7. The van der Waals surface area contributed by atoms with E-state index < -0.39 is 12.0 Å². The van der Waals surface area contributed by atoms with E-state index >= 15 is 0 Å². The predicted molar refractivity (Wildman–Crippen MR) is 148 cm³/mol. The molecule has 0 N–H and O–H groups in total. The smallest absolute Gasteiger partial charge is 0.338 e. The van der Waals surface area contributed by atoms with E-state index in [4.69, 9.17) is 4.74 Å². The van der Waals surface area contributed by atoms with Gasteiger partial charge in [-0.2, -0.15) is 0 Å². The first-order valence-electron chi connectivity index (χ1n) is 12.6. The molecule has 0 radical (unpaired) electrons. The summed E-state index contributed by atoms with van der Waals surface area (Å²) in [5.41, 5.74) is 5.76. The summed E-state index contributed by atoms with van der Waals surface area (Å²) >= 11 is 0. The molecule has 7 nitrogen and oxygen atoms in total. The minimum absolute atomic E-state index is 0.0420. The third-order valence-corrected chi connectivity index (χ3v) is 7.04. The van der Waals surface area contributed by atoms with Crippen LogP contribution in [0.3, 0.4) is 0 Å². The van der Waals surface area contributed by atoms with Gasteiger partial charge < -0.3 is 14.5 Å². The van der Waals surface area contributed by atoms with Crippen LogP contribution in [0.4, 0.5) is 11.5 Å². The normalized spacial score (nSPS) is 13.1. The summed E-state index contributed by atoms with van der Waals surface area (Å²) in [6.45, 7) is 2.41. The van der Waals surface area contributed by atoms with Crippen LogP contribution in [-0.2, 0) is 22.4 Å². The molecule has 1 aliphatic rings. The molecule has 0 bridgehead atoms. The predicted octanol–water partition coefficient (Wildman–Crippen LogP) is 4.88. The van der Waals surface area contributed by atoms with Gasteiger partial charge in [-0.05, 0) is 72.0 Å². The molecule has 2 aromatic carbocycles. The van der Waals surface area contributed by atoms with Gasteiger partial charge in [0.2, 0.25) is 5.91 Å². The maximum atomic E-state index is 14.3. The standard InChI is InChI=1S/C31H30N4O3/c1-21-17-23(12-15-32-21)24-19-26(31(37)38-3)25-13-16-35(27(25)20-24)30(36)28(18-22-9-5-4-6-10-22)34(2)29-11-7-8-14-33-29/h4-12,14-15,17,19-20,28H,13,16,18H2,1-3H3/t28-/m0/s1. The summed E-state index contributed by atoms with van der Waals surface area (Å²) in [6.07, 6.45) is 4.57. The number of ether oxygens (including phenoxy) is 1. The van der Waals surface area contributed by atoms with Gasteiger partial charge in [0.1, 0.15) is 11.9 Å². The fourth-order valence-electron chi connectivity index (χ4n) is 5.05. The molecule has 1 atom stereocenters. The molecule has 0 aliphatic carbocycles. The van der Waals surface area contributed by atoms with E-state index in [0.29, 0.717) is 24.9 Å². The topological polar surface area (TPSA) is 75.6 Å². The van der Waals surface area contributed by atoms with Crippen molar-refractivity contribution in [1.29, 1.82) is 0 Å². The van der Waals surface area contributed by atoms with E-state index in [-0.39, 0.29) is 5.91 Å². The highest BCUT2D eigenvalue weighted by atomic mass is 16.5. The molecule has 0 saturated heterocycles. The van der Waals surface area contributed by atoms with Gasteiger partial charge in [0.25, 0.3) is 0 Å². The number of hydrogen-bond acceptors (Lipinski definition) is 6. The summed E-state index contributed by atoms with van der Waals surface area (Å²) in [4.78, 5) is 39.7. The Morgan fingerprint density at radius 1 is 0.974 bits per heavy atom. The quantitative estimate of drug-likeness (QED) is 0.333. The lowest BCUT2D eigenvalue weighted by molar-refractivity contribution is -0.119. The Morgan fingerprint density at radius 3 is 2.47 bits per heavy atom. The summed E-state index contributed by atoms with van der Waals surface area (Å²) in [5.74, 6) is 0.270. The van der Waals surface area contributed by atoms with Crippen molar-refractivity contribution in [3.8, 4) is 11.1 Å². The van der Waals surface area contributed by atoms with Crippen molar-refractivity contribution in [1.82, 2.24) is 9.97 Å². The van der Waals surface area contributed by atoms with Crippen LogP contribution >= 0.6 is 0 Å². The Bertz CT molecular complexity index is 1460. The minimum Gasteiger partial charge on any atom is -0.465 e. The van der Waals surface area contributed by atoms with Crippen molar-refractivity contribution < 1.29 is 14.3 Å². The zero-order valence-electron chi connectivity index (χ0n) is 21.8. The number of amides is 1. The van der Waals surface area contributed by atoms with E-state index in [9.17, 15) is 9.59 Å². The fraction of sp³-hybridized carbons (Fsp3) is 0.226. The molecule has 2 aromatic heterocycles. The van der Waals surface area contributed by atoms with Gasteiger partial charge in [0, 0.05) is 43.8 Å². The molecule has 1 aliphatic heterocycles. The van der Waals surface area contributed by atoms with Crippen LogP contribution in [0.1, 0.15) is 27.2 Å². The number of carbonyl (C=O) groups excluding carboxylic acids is 2. The van der Waals surface area contributed by atoms with Crippen LogP contribution < -0.4 is 9.80 Å². The number of likely N-dealkylation sites (N-methyl/N-ethyl adjacent to an activating group) is 1. The van der Waals surface area contributed by atoms with Crippen LogP contribution in [0, 0.1) is 6.92 Å². The summed E-state index contributed by atoms with van der Waals surface area (Å²) < 4.78 is 5.12. The Labute approximate surface area is 222 Å². The van der Waals surface area contributed by atoms with Crippen molar-refractivity contribution >= 4 is 23.4 Å². The highest BCUT2D eigenvalue weighted by Gasteiger charge is 2.35. The van der Waals surface area contributed by atoms with Crippen LogP contribution in [0.25, 0.3) is 11.1 Å². The lowest BCUT2D eigenvalue weighted by Gasteiger charge is -2.32. The van der Waals surface area contributed by atoms with E-state index in [1.165, 1.54) is 7.11 Å². The van der Waals surface area contributed by atoms with Crippen LogP contribution in [-0.4, -0.2) is 48.6 Å². The molecule has 5 rings (SSSR count). The molecule has 0 unspecified atom stereocenters. The average molecular weight is 507 g/mol. The Balaban J connectivity index is 1.58. The van der Waals surface area contributed by atoms with Crippen molar-refractivity contribution in [2.45, 2.75) is 25.8 Å². The monoisotopic (exact) mass is 506 g/mol. The van der Waals surface area contributed by atoms with E-state index in [0.717, 1.165) is 39.5 Å². The third kappa shape index (κ3) is 5.00. The molecular weight excluding hydrogens is 476 g/mol. The first kappa shape index (κ1) is 25.1. The number of fused-ring (bicyclic) bond motifs is 1. The number of pyridine rings is 2. The van der Waals surface area contributed by atoms with Gasteiger partial charge in [-0.25, -0.2) is 9.78 Å². The molecule has 4 aromatic rings. The number of benzene rings is 2. The highest BCUT2D eigenvalue weighted by Crippen LogP contribution is 2.37. The molecule has 7 heteroatoms. The maximum Gasteiger partial charge on any atom is 0.338 e. The number of carbonyl (C=O) groups is 2. The zero-order chi connectivity index (χ0) is 26.6. The number of anilines is 2. The second kappa shape index (κ2) is 10.8. The Morgan fingerprint density at radius 2 is 1.76 bits per heavy atom. The second-order valence-electron chi connectivity index (χ2n) is 9.44. The van der Waals surface area contributed by atoms with E-state index in [2.05, 4.69) is 9.97 Å². The molecule has 38 heavy (non-hydrogen) atoms. The molecule has 1 amide bonds. The molecule has 3 heterocycles. The van der Waals surface area contributed by atoms with Crippen LogP contribution in [0.2, 0.25) is 0 Å². The number of nitrogens with zero attached hydrogens (tertiary/aromatic N) is 4. The first-order valence-corrected chi connectivity index (χ1v) is 12.6. The van der Waals surface area contributed by atoms with Crippen molar-refractivity contribution in [3.05, 3.63) is 108 Å². The second-order valence-corrected chi connectivity index (χ2v) is 9.44. The van der Waals surface area contributed by atoms with Gasteiger partial charge in [-0.3, -0.25) is 9.78 Å². The summed E-state index contributed by atoms with van der Waals surface area (Å²) in [7, 11) is 3.29. The molecule has 0 saturated carbocycles. The first-order chi connectivity index (χ1) is 18.5. The number of hydrogen-bond donors (Lipinski definition) is 0. The summed E-state index contributed by atoms with van der Waals surface area (Å²) in [5, 5.41) is 0.